The van der Waals surface area contributed by atoms with E-state index in [4.69, 9.17) is 0 Å². The molecule has 1 heterocycles. The summed E-state index contributed by atoms with van der Waals surface area (Å²) in [5, 5.41) is 6.08. The molecule has 3 aromatic carbocycles. The summed E-state index contributed by atoms with van der Waals surface area (Å²) in [6.45, 7) is 1.06. The van der Waals surface area contributed by atoms with Crippen LogP contribution in [0.3, 0.4) is 0 Å². The summed E-state index contributed by atoms with van der Waals surface area (Å²) in [7, 11) is 0. The maximum atomic E-state index is 3.46. The highest BCUT2D eigenvalue weighted by Gasteiger charge is 2.11. The number of anilines is 1. The fourth-order valence-corrected chi connectivity index (χ4v) is 2.94. The largest absolute Gasteiger partial charge is 0.384 e. The zero-order chi connectivity index (χ0) is 12.7. The summed E-state index contributed by atoms with van der Waals surface area (Å²) in [5.74, 6) is 0. The van der Waals surface area contributed by atoms with Gasteiger partial charge in [-0.05, 0) is 39.9 Å². The zero-order valence-corrected chi connectivity index (χ0v) is 10.7. The molecule has 4 rings (SSSR count). The van der Waals surface area contributed by atoms with E-state index in [2.05, 4.69) is 66.0 Å². The van der Waals surface area contributed by atoms with E-state index in [0.29, 0.717) is 0 Å². The maximum Gasteiger partial charge on any atom is 0.0379 e. The van der Waals surface area contributed by atoms with E-state index in [1.165, 1.54) is 33.2 Å². The highest BCUT2D eigenvalue weighted by Crippen LogP contribution is 2.32. The fraction of sp³-hybridized carbons (Fsp3) is 0.111. The molecule has 0 amide bonds. The second kappa shape index (κ2) is 4.13. The fourth-order valence-electron chi connectivity index (χ4n) is 2.94. The molecule has 19 heavy (non-hydrogen) atoms. The Morgan fingerprint density at radius 3 is 2.74 bits per heavy atom. The lowest BCUT2D eigenvalue weighted by molar-refractivity contribution is 1.11. The molecule has 0 unspecified atom stereocenters. The lowest BCUT2D eigenvalue weighted by atomic mass is 9.97. The van der Waals surface area contributed by atoms with Crippen LogP contribution >= 0.6 is 0 Å². The van der Waals surface area contributed by atoms with Gasteiger partial charge in [-0.2, -0.15) is 0 Å². The van der Waals surface area contributed by atoms with Crippen molar-refractivity contribution in [2.75, 3.05) is 11.9 Å². The smallest absolute Gasteiger partial charge is 0.0379 e. The van der Waals surface area contributed by atoms with Gasteiger partial charge < -0.3 is 5.32 Å². The lowest BCUT2D eigenvalue weighted by Crippen LogP contribution is -1.91. The van der Waals surface area contributed by atoms with E-state index in [9.17, 15) is 0 Å². The van der Waals surface area contributed by atoms with Gasteiger partial charge >= 0.3 is 0 Å². The van der Waals surface area contributed by atoms with Gasteiger partial charge in [-0.1, -0.05) is 54.6 Å². The van der Waals surface area contributed by atoms with Crippen molar-refractivity contribution in [3.05, 3.63) is 66.2 Å². The monoisotopic (exact) mass is 245 g/mol. The van der Waals surface area contributed by atoms with Crippen LogP contribution in [0.4, 0.5) is 5.69 Å². The average Bonchev–Trinajstić information content (AvgIpc) is 2.94. The molecule has 3 aromatic rings. The van der Waals surface area contributed by atoms with E-state index < -0.39 is 0 Å². The van der Waals surface area contributed by atoms with Crippen molar-refractivity contribution in [3.63, 3.8) is 0 Å². The van der Waals surface area contributed by atoms with Gasteiger partial charge in [-0.3, -0.25) is 0 Å². The van der Waals surface area contributed by atoms with Crippen LogP contribution in [0.2, 0.25) is 0 Å². The molecular weight excluding hydrogens is 230 g/mol. The van der Waals surface area contributed by atoms with Gasteiger partial charge in [-0.15, -0.1) is 0 Å². The number of rotatable bonds is 1. The Morgan fingerprint density at radius 2 is 1.74 bits per heavy atom. The maximum absolute atomic E-state index is 3.46. The predicted octanol–water partition coefficient (Wildman–Crippen LogP) is 4.47. The molecule has 1 N–H and O–H groups in total. The summed E-state index contributed by atoms with van der Waals surface area (Å²) in [6.07, 6.45) is 1.14. The van der Waals surface area contributed by atoms with Gasteiger partial charge in [0.15, 0.2) is 0 Å². The minimum Gasteiger partial charge on any atom is -0.384 e. The van der Waals surface area contributed by atoms with Crippen molar-refractivity contribution in [2.45, 2.75) is 6.42 Å². The Balaban J connectivity index is 1.95. The third-order valence-electron chi connectivity index (χ3n) is 3.92. The van der Waals surface area contributed by atoms with Gasteiger partial charge in [0, 0.05) is 12.2 Å². The van der Waals surface area contributed by atoms with Crippen LogP contribution in [-0.4, -0.2) is 6.54 Å². The van der Waals surface area contributed by atoms with Crippen LogP contribution < -0.4 is 5.32 Å². The van der Waals surface area contributed by atoms with Crippen LogP contribution in [0, 0.1) is 0 Å². The van der Waals surface area contributed by atoms with Gasteiger partial charge in [0.1, 0.15) is 0 Å². The molecule has 0 aliphatic carbocycles. The average molecular weight is 245 g/mol. The van der Waals surface area contributed by atoms with Crippen molar-refractivity contribution in [3.8, 4) is 11.1 Å². The van der Waals surface area contributed by atoms with Gasteiger partial charge in [0.25, 0.3) is 0 Å². The summed E-state index contributed by atoms with van der Waals surface area (Å²) in [4.78, 5) is 0. The second-order valence-corrected chi connectivity index (χ2v) is 5.08. The third kappa shape index (κ3) is 1.70. The molecule has 0 atom stereocenters. The molecule has 0 bridgehead atoms. The van der Waals surface area contributed by atoms with Crippen LogP contribution in [-0.2, 0) is 6.42 Å². The van der Waals surface area contributed by atoms with Crippen LogP contribution in [0.25, 0.3) is 21.9 Å². The molecule has 0 fully saturated rings. The van der Waals surface area contributed by atoms with E-state index in [1.807, 2.05) is 0 Å². The molecule has 0 spiro atoms. The summed E-state index contributed by atoms with van der Waals surface area (Å²) in [5.41, 5.74) is 5.34. The van der Waals surface area contributed by atoms with Crippen molar-refractivity contribution in [1.29, 1.82) is 0 Å². The summed E-state index contributed by atoms with van der Waals surface area (Å²) >= 11 is 0. The summed E-state index contributed by atoms with van der Waals surface area (Å²) in [6, 6.07) is 21.9. The first-order chi connectivity index (χ1) is 9.42. The first-order valence-electron chi connectivity index (χ1n) is 6.77. The molecular formula is C18H15N. The molecule has 0 saturated heterocycles. The molecule has 0 aromatic heterocycles. The van der Waals surface area contributed by atoms with Crippen LogP contribution in [0.15, 0.2) is 60.7 Å². The molecule has 1 nitrogen and oxygen atoms in total. The topological polar surface area (TPSA) is 12.0 Å². The quantitative estimate of drug-likeness (QED) is 0.666. The number of nitrogens with one attached hydrogen (secondary N) is 1. The highest BCUT2D eigenvalue weighted by molar-refractivity contribution is 5.97. The molecule has 1 heteroatoms. The minimum absolute atomic E-state index is 1.06. The van der Waals surface area contributed by atoms with Crippen LogP contribution in [0.5, 0.6) is 0 Å². The van der Waals surface area contributed by atoms with Gasteiger partial charge in [0.05, 0.1) is 0 Å². The van der Waals surface area contributed by atoms with Crippen molar-refractivity contribution >= 4 is 16.5 Å². The van der Waals surface area contributed by atoms with Crippen LogP contribution in [0.1, 0.15) is 5.56 Å². The third-order valence-corrected chi connectivity index (χ3v) is 3.92. The van der Waals surface area contributed by atoms with E-state index in [1.54, 1.807) is 0 Å². The van der Waals surface area contributed by atoms with E-state index in [0.717, 1.165) is 13.0 Å². The number of benzene rings is 3. The number of hydrogen-bond acceptors (Lipinski definition) is 1. The first-order valence-corrected chi connectivity index (χ1v) is 6.77. The Bertz CT molecular complexity index is 753. The Hall–Kier alpha value is -2.28. The van der Waals surface area contributed by atoms with Crippen molar-refractivity contribution in [2.24, 2.45) is 0 Å². The molecule has 1 aliphatic rings. The molecule has 0 radical (unpaired) electrons. The zero-order valence-electron chi connectivity index (χ0n) is 10.7. The second-order valence-electron chi connectivity index (χ2n) is 5.08. The SMILES string of the molecule is c1ccc2c(-c3ccc4c(c3)NCC4)cccc2c1. The lowest BCUT2D eigenvalue weighted by Gasteiger charge is -2.09. The number of hydrogen-bond donors (Lipinski definition) is 1. The summed E-state index contributed by atoms with van der Waals surface area (Å²) < 4.78 is 0. The van der Waals surface area contributed by atoms with E-state index >= 15 is 0 Å². The standard InChI is InChI=1S/C18H15N/c1-2-6-16-13(4-1)5-3-7-17(16)15-9-8-14-10-11-19-18(14)12-15/h1-9,12,19H,10-11H2. The predicted molar refractivity (Wildman–Crippen MR) is 81.6 cm³/mol. The highest BCUT2D eigenvalue weighted by atomic mass is 14.9. The van der Waals surface area contributed by atoms with Crippen molar-refractivity contribution in [1.82, 2.24) is 0 Å². The van der Waals surface area contributed by atoms with E-state index in [-0.39, 0.29) is 0 Å². The molecule has 0 saturated carbocycles. The van der Waals surface area contributed by atoms with Gasteiger partial charge in [0.2, 0.25) is 0 Å². The molecule has 1 aliphatic heterocycles. The Kier molecular flexibility index (Phi) is 2.31. The van der Waals surface area contributed by atoms with Crippen molar-refractivity contribution < 1.29 is 0 Å². The number of fused-ring (bicyclic) bond motifs is 2. The Labute approximate surface area is 112 Å². The first kappa shape index (κ1) is 10.6. The normalized spacial score (nSPS) is 13.3. The van der Waals surface area contributed by atoms with Gasteiger partial charge in [-0.25, -0.2) is 0 Å². The Morgan fingerprint density at radius 1 is 0.842 bits per heavy atom. The molecule has 92 valence electrons. The minimum atomic E-state index is 1.06.